The zero-order valence-electron chi connectivity index (χ0n) is 14.1. The smallest absolute Gasteiger partial charge is 0.257 e. The molecule has 0 radical (unpaired) electrons. The highest BCUT2D eigenvalue weighted by atomic mass is 19.1. The number of nitrogens with zero attached hydrogens (tertiary/aromatic N) is 1. The van der Waals surface area contributed by atoms with E-state index in [-0.39, 0.29) is 12.2 Å². The summed E-state index contributed by atoms with van der Waals surface area (Å²) in [6, 6.07) is 5.56. The number of hydrogen-bond acceptors (Lipinski definition) is 5. The zero-order valence-corrected chi connectivity index (χ0v) is 14.1. The highest BCUT2D eigenvalue weighted by Gasteiger charge is 2.38. The summed E-state index contributed by atoms with van der Waals surface area (Å²) >= 11 is 0. The minimum absolute atomic E-state index is 0.160. The summed E-state index contributed by atoms with van der Waals surface area (Å²) in [6.45, 7) is 4.59. The van der Waals surface area contributed by atoms with Gasteiger partial charge in [-0.15, -0.1) is 0 Å². The van der Waals surface area contributed by atoms with Gasteiger partial charge in [-0.2, -0.15) is 0 Å². The summed E-state index contributed by atoms with van der Waals surface area (Å²) in [6.07, 6.45) is 0. The molecule has 7 heteroatoms. The minimum atomic E-state index is -1.47. The molecule has 0 spiro atoms. The predicted octanol–water partition coefficient (Wildman–Crippen LogP) is 0.497. The van der Waals surface area contributed by atoms with E-state index in [1.54, 1.807) is 12.1 Å². The van der Waals surface area contributed by atoms with Crippen LogP contribution in [0.3, 0.4) is 0 Å². The van der Waals surface area contributed by atoms with E-state index in [4.69, 9.17) is 9.47 Å². The van der Waals surface area contributed by atoms with Gasteiger partial charge in [-0.1, -0.05) is 18.2 Å². The van der Waals surface area contributed by atoms with Gasteiger partial charge in [0, 0.05) is 32.3 Å². The van der Waals surface area contributed by atoms with Crippen molar-refractivity contribution in [2.45, 2.75) is 18.6 Å². The zero-order chi connectivity index (χ0) is 17.6. The van der Waals surface area contributed by atoms with Gasteiger partial charge in [-0.05, 0) is 13.0 Å². The Kier molecular flexibility index (Phi) is 6.68. The second kappa shape index (κ2) is 8.53. The molecule has 1 aromatic carbocycles. The Bertz CT molecular complexity index is 551. The van der Waals surface area contributed by atoms with Gasteiger partial charge in [0.2, 0.25) is 0 Å². The van der Waals surface area contributed by atoms with Gasteiger partial charge in [0.05, 0.1) is 25.9 Å². The summed E-state index contributed by atoms with van der Waals surface area (Å²) in [5, 5.41) is 12.3. The Hall–Kier alpha value is -1.54. The van der Waals surface area contributed by atoms with Gasteiger partial charge >= 0.3 is 0 Å². The number of carbonyl (C=O) groups excluding carboxylic acids is 1. The third kappa shape index (κ3) is 4.30. The van der Waals surface area contributed by atoms with Crippen molar-refractivity contribution in [3.8, 4) is 0 Å². The third-order valence-corrected chi connectivity index (χ3v) is 4.37. The molecule has 2 rings (SSSR count). The number of aliphatic hydroxyl groups is 1. The SMILES string of the molecule is COC(C)(C(=O)NC(CO)CN1CCOCC1)c1ccccc1F. The van der Waals surface area contributed by atoms with Crippen LogP contribution in [-0.2, 0) is 19.9 Å². The molecular formula is C17H25FN2O4. The van der Waals surface area contributed by atoms with E-state index in [0.717, 1.165) is 13.1 Å². The largest absolute Gasteiger partial charge is 0.394 e. The van der Waals surface area contributed by atoms with Crippen LogP contribution in [0.1, 0.15) is 12.5 Å². The molecule has 1 heterocycles. The van der Waals surface area contributed by atoms with E-state index in [9.17, 15) is 14.3 Å². The van der Waals surface area contributed by atoms with E-state index in [1.165, 1.54) is 26.2 Å². The lowest BCUT2D eigenvalue weighted by Crippen LogP contribution is -2.53. The fourth-order valence-electron chi connectivity index (χ4n) is 2.74. The lowest BCUT2D eigenvalue weighted by atomic mass is 9.93. The van der Waals surface area contributed by atoms with E-state index in [1.807, 2.05) is 0 Å². The number of amides is 1. The van der Waals surface area contributed by atoms with Gasteiger partial charge in [0.1, 0.15) is 5.82 Å². The highest BCUT2D eigenvalue weighted by Crippen LogP contribution is 2.27. The van der Waals surface area contributed by atoms with Crippen LogP contribution in [-0.4, -0.2) is 68.5 Å². The Balaban J connectivity index is 2.08. The van der Waals surface area contributed by atoms with Crippen molar-refractivity contribution in [1.82, 2.24) is 10.2 Å². The monoisotopic (exact) mass is 340 g/mol. The molecule has 2 N–H and O–H groups in total. The number of rotatable bonds is 7. The molecule has 1 amide bonds. The van der Waals surface area contributed by atoms with Crippen LogP contribution >= 0.6 is 0 Å². The highest BCUT2D eigenvalue weighted by molar-refractivity contribution is 5.86. The topological polar surface area (TPSA) is 71.0 Å². The van der Waals surface area contributed by atoms with Crippen molar-refractivity contribution in [2.75, 3.05) is 46.6 Å². The number of morpholine rings is 1. The number of methoxy groups -OCH3 is 1. The standard InChI is InChI=1S/C17H25FN2O4/c1-17(23-2,14-5-3-4-6-15(14)18)16(22)19-13(12-21)11-20-7-9-24-10-8-20/h3-6,13,21H,7-12H2,1-2H3,(H,19,22). The van der Waals surface area contributed by atoms with Gasteiger partial charge in [0.25, 0.3) is 5.91 Å². The molecule has 0 bridgehead atoms. The molecule has 6 nitrogen and oxygen atoms in total. The van der Waals surface area contributed by atoms with Crippen LogP contribution in [0.2, 0.25) is 0 Å². The second-order valence-electron chi connectivity index (χ2n) is 5.98. The molecule has 1 fully saturated rings. The molecule has 1 saturated heterocycles. The van der Waals surface area contributed by atoms with Crippen molar-refractivity contribution in [2.24, 2.45) is 0 Å². The summed E-state index contributed by atoms with van der Waals surface area (Å²) < 4.78 is 24.7. The van der Waals surface area contributed by atoms with E-state index in [2.05, 4.69) is 10.2 Å². The van der Waals surface area contributed by atoms with E-state index < -0.39 is 23.4 Å². The van der Waals surface area contributed by atoms with E-state index >= 15 is 0 Å². The fourth-order valence-corrected chi connectivity index (χ4v) is 2.74. The lowest BCUT2D eigenvalue weighted by Gasteiger charge is -2.33. The van der Waals surface area contributed by atoms with Crippen molar-refractivity contribution in [3.05, 3.63) is 35.6 Å². The Labute approximate surface area is 141 Å². The normalized spacial score (nSPS) is 19.5. The van der Waals surface area contributed by atoms with Gasteiger partial charge < -0.3 is 19.9 Å². The van der Waals surface area contributed by atoms with Crippen LogP contribution in [0.25, 0.3) is 0 Å². The van der Waals surface area contributed by atoms with Gasteiger partial charge in [0.15, 0.2) is 5.60 Å². The van der Waals surface area contributed by atoms with Crippen LogP contribution in [0.5, 0.6) is 0 Å². The first kappa shape index (κ1) is 18.8. The molecule has 0 saturated carbocycles. The molecule has 2 atom stereocenters. The predicted molar refractivity (Wildman–Crippen MR) is 87.0 cm³/mol. The fraction of sp³-hybridized carbons (Fsp3) is 0.588. The molecule has 0 aromatic heterocycles. The number of benzene rings is 1. The van der Waals surface area contributed by atoms with Crippen LogP contribution in [0.4, 0.5) is 4.39 Å². The van der Waals surface area contributed by atoms with E-state index in [0.29, 0.717) is 19.8 Å². The molecule has 0 aliphatic carbocycles. The molecule has 1 aliphatic heterocycles. The number of halogens is 1. The average Bonchev–Trinajstić information content (AvgIpc) is 2.61. The first-order valence-corrected chi connectivity index (χ1v) is 8.03. The van der Waals surface area contributed by atoms with Crippen LogP contribution < -0.4 is 5.32 Å². The number of ether oxygens (including phenoxy) is 2. The second-order valence-corrected chi connectivity index (χ2v) is 5.98. The van der Waals surface area contributed by atoms with Gasteiger partial charge in [-0.3, -0.25) is 9.69 Å². The lowest BCUT2D eigenvalue weighted by molar-refractivity contribution is -0.144. The van der Waals surface area contributed by atoms with Crippen molar-refractivity contribution in [1.29, 1.82) is 0 Å². The van der Waals surface area contributed by atoms with Crippen LogP contribution in [0.15, 0.2) is 24.3 Å². The maximum atomic E-state index is 14.1. The summed E-state index contributed by atoms with van der Waals surface area (Å²) in [5.74, 6) is -0.992. The maximum absolute atomic E-state index is 14.1. The minimum Gasteiger partial charge on any atom is -0.394 e. The first-order valence-electron chi connectivity index (χ1n) is 8.03. The molecule has 1 aliphatic rings. The molecule has 2 unspecified atom stereocenters. The van der Waals surface area contributed by atoms with Crippen LogP contribution in [0, 0.1) is 5.82 Å². The summed E-state index contributed by atoms with van der Waals surface area (Å²) in [7, 11) is 1.36. The summed E-state index contributed by atoms with van der Waals surface area (Å²) in [4.78, 5) is 14.8. The number of nitrogens with one attached hydrogen (secondary N) is 1. The first-order chi connectivity index (χ1) is 11.5. The van der Waals surface area contributed by atoms with Crippen molar-refractivity contribution < 1.29 is 23.8 Å². The van der Waals surface area contributed by atoms with Gasteiger partial charge in [-0.25, -0.2) is 4.39 Å². The number of carbonyl (C=O) groups is 1. The summed E-state index contributed by atoms with van der Waals surface area (Å²) in [5.41, 5.74) is -1.31. The Morgan fingerprint density at radius 3 is 2.71 bits per heavy atom. The molecular weight excluding hydrogens is 315 g/mol. The maximum Gasteiger partial charge on any atom is 0.257 e. The molecule has 24 heavy (non-hydrogen) atoms. The number of aliphatic hydroxyl groups excluding tert-OH is 1. The Morgan fingerprint density at radius 2 is 2.12 bits per heavy atom. The van der Waals surface area contributed by atoms with Crippen molar-refractivity contribution in [3.63, 3.8) is 0 Å². The molecule has 1 aromatic rings. The van der Waals surface area contributed by atoms with Crippen molar-refractivity contribution >= 4 is 5.91 Å². The third-order valence-electron chi connectivity index (χ3n) is 4.37. The average molecular weight is 340 g/mol. The Morgan fingerprint density at radius 1 is 1.46 bits per heavy atom. The molecule has 134 valence electrons. The quantitative estimate of drug-likeness (QED) is 0.756. The number of hydrogen-bond donors (Lipinski definition) is 2.